The van der Waals surface area contributed by atoms with Crippen molar-refractivity contribution in [3.63, 3.8) is 0 Å². The maximum absolute atomic E-state index is 11.9. The molecule has 86 valence electrons. The van der Waals surface area contributed by atoms with Crippen molar-refractivity contribution in [1.82, 2.24) is 9.78 Å². The number of nitrogens with zero attached hydrogens (tertiary/aromatic N) is 2. The van der Waals surface area contributed by atoms with Crippen LogP contribution in [0.1, 0.15) is 10.4 Å². The molecule has 0 aliphatic rings. The highest BCUT2D eigenvalue weighted by Gasteiger charge is 2.07. The van der Waals surface area contributed by atoms with E-state index in [1.165, 1.54) is 12.3 Å². The molecule has 4 nitrogen and oxygen atoms in total. The van der Waals surface area contributed by atoms with Gasteiger partial charge in [0, 0.05) is 22.3 Å². The van der Waals surface area contributed by atoms with E-state index in [-0.39, 0.29) is 17.9 Å². The van der Waals surface area contributed by atoms with Gasteiger partial charge in [0.15, 0.2) is 5.78 Å². The zero-order valence-electron chi connectivity index (χ0n) is 8.84. The zero-order chi connectivity index (χ0) is 12.3. The Balaban J connectivity index is 2.20. The molecule has 0 spiro atoms. The lowest BCUT2D eigenvalue weighted by Crippen LogP contribution is -2.25. The highest BCUT2D eigenvalue weighted by molar-refractivity contribution is 9.10. The highest BCUT2D eigenvalue weighted by Crippen LogP contribution is 2.11. The number of halogens is 1. The standard InChI is InChI=1S/C12H9BrN2O2/c13-10-5-3-9(4-6-10)11(16)8-15-12(17)2-1-7-14-15/h1-7H,8H2. The Kier molecular flexibility index (Phi) is 3.49. The average molecular weight is 293 g/mol. The number of ketones is 1. The van der Waals surface area contributed by atoms with E-state index in [0.717, 1.165) is 9.15 Å². The molecule has 0 amide bonds. The van der Waals surface area contributed by atoms with Crippen LogP contribution in [0, 0.1) is 0 Å². The maximum atomic E-state index is 11.9. The Bertz CT molecular complexity index is 590. The molecule has 5 heteroatoms. The molecule has 0 N–H and O–H groups in total. The van der Waals surface area contributed by atoms with Crippen molar-refractivity contribution in [1.29, 1.82) is 0 Å². The van der Waals surface area contributed by atoms with Gasteiger partial charge in [0.25, 0.3) is 5.56 Å². The molecule has 0 unspecified atom stereocenters. The second kappa shape index (κ2) is 5.05. The van der Waals surface area contributed by atoms with Crippen LogP contribution in [0.15, 0.2) is 51.9 Å². The summed E-state index contributed by atoms with van der Waals surface area (Å²) >= 11 is 3.29. The van der Waals surface area contributed by atoms with Crippen molar-refractivity contribution < 1.29 is 4.79 Å². The lowest BCUT2D eigenvalue weighted by Gasteiger charge is -2.03. The Morgan fingerprint density at radius 3 is 2.59 bits per heavy atom. The number of hydrogen-bond acceptors (Lipinski definition) is 3. The molecule has 0 aliphatic heterocycles. The van der Waals surface area contributed by atoms with Gasteiger partial charge in [0.2, 0.25) is 0 Å². The first kappa shape index (κ1) is 11.7. The van der Waals surface area contributed by atoms with Gasteiger partial charge in [0.1, 0.15) is 6.54 Å². The fourth-order valence-corrected chi connectivity index (χ4v) is 1.63. The number of benzene rings is 1. The Morgan fingerprint density at radius 1 is 1.24 bits per heavy atom. The monoisotopic (exact) mass is 292 g/mol. The second-order valence-electron chi connectivity index (χ2n) is 3.45. The molecule has 1 aromatic heterocycles. The van der Waals surface area contributed by atoms with E-state index in [4.69, 9.17) is 0 Å². The Labute approximate surface area is 106 Å². The molecule has 0 aliphatic carbocycles. The van der Waals surface area contributed by atoms with Gasteiger partial charge in [-0.2, -0.15) is 5.10 Å². The van der Waals surface area contributed by atoms with Gasteiger partial charge in [-0.15, -0.1) is 0 Å². The Morgan fingerprint density at radius 2 is 1.94 bits per heavy atom. The third-order valence-corrected chi connectivity index (χ3v) is 2.77. The molecular weight excluding hydrogens is 284 g/mol. The van der Waals surface area contributed by atoms with Crippen LogP contribution in [0.25, 0.3) is 0 Å². The van der Waals surface area contributed by atoms with Crippen LogP contribution in [0.5, 0.6) is 0 Å². The summed E-state index contributed by atoms with van der Waals surface area (Å²) in [5.41, 5.74) is 0.281. The first-order valence-electron chi connectivity index (χ1n) is 4.98. The summed E-state index contributed by atoms with van der Waals surface area (Å²) in [6, 6.07) is 9.91. The molecule has 0 atom stereocenters. The molecule has 0 saturated carbocycles. The van der Waals surface area contributed by atoms with Gasteiger partial charge < -0.3 is 0 Å². The largest absolute Gasteiger partial charge is 0.292 e. The third kappa shape index (κ3) is 2.88. The number of aromatic nitrogens is 2. The lowest BCUT2D eigenvalue weighted by atomic mass is 10.1. The van der Waals surface area contributed by atoms with E-state index in [0.29, 0.717) is 5.56 Å². The van der Waals surface area contributed by atoms with Crippen molar-refractivity contribution in [2.75, 3.05) is 0 Å². The molecule has 1 aromatic carbocycles. The van der Waals surface area contributed by atoms with E-state index >= 15 is 0 Å². The highest BCUT2D eigenvalue weighted by atomic mass is 79.9. The number of carbonyl (C=O) groups is 1. The van der Waals surface area contributed by atoms with Crippen molar-refractivity contribution in [2.45, 2.75) is 6.54 Å². The first-order chi connectivity index (χ1) is 8.16. The fourth-order valence-electron chi connectivity index (χ4n) is 1.37. The minimum Gasteiger partial charge on any atom is -0.292 e. The topological polar surface area (TPSA) is 52.0 Å². The van der Waals surface area contributed by atoms with Crippen LogP contribution >= 0.6 is 15.9 Å². The summed E-state index contributed by atoms with van der Waals surface area (Å²) in [6.45, 7) is -0.0404. The van der Waals surface area contributed by atoms with Gasteiger partial charge in [-0.05, 0) is 18.2 Å². The van der Waals surface area contributed by atoms with Crippen molar-refractivity contribution in [2.24, 2.45) is 0 Å². The number of rotatable bonds is 3. The maximum Gasteiger partial charge on any atom is 0.267 e. The van der Waals surface area contributed by atoms with Crippen molar-refractivity contribution in [3.8, 4) is 0 Å². The zero-order valence-corrected chi connectivity index (χ0v) is 10.4. The van der Waals surface area contributed by atoms with Crippen LogP contribution in [0.3, 0.4) is 0 Å². The minimum absolute atomic E-state index is 0.0404. The van der Waals surface area contributed by atoms with Gasteiger partial charge in [-0.25, -0.2) is 4.68 Å². The molecule has 2 aromatic rings. The lowest BCUT2D eigenvalue weighted by molar-refractivity contribution is 0.0965. The average Bonchev–Trinajstić information content (AvgIpc) is 2.33. The molecule has 0 saturated heterocycles. The predicted octanol–water partition coefficient (Wildman–Crippen LogP) is 1.89. The van der Waals surface area contributed by atoms with E-state index < -0.39 is 0 Å². The molecule has 17 heavy (non-hydrogen) atoms. The summed E-state index contributed by atoms with van der Waals surface area (Å²) in [7, 11) is 0. The number of carbonyl (C=O) groups excluding carboxylic acids is 1. The second-order valence-corrected chi connectivity index (χ2v) is 4.37. The Hall–Kier alpha value is -1.75. The normalized spacial score (nSPS) is 10.2. The number of hydrogen-bond donors (Lipinski definition) is 0. The van der Waals surface area contributed by atoms with Crippen molar-refractivity contribution in [3.05, 3.63) is 63.0 Å². The van der Waals surface area contributed by atoms with Crippen LogP contribution in [0.2, 0.25) is 0 Å². The van der Waals surface area contributed by atoms with Crippen molar-refractivity contribution >= 4 is 21.7 Å². The molecular formula is C12H9BrN2O2. The quantitative estimate of drug-likeness (QED) is 0.812. The fraction of sp³-hybridized carbons (Fsp3) is 0.0833. The van der Waals surface area contributed by atoms with Crippen LogP contribution in [-0.4, -0.2) is 15.6 Å². The molecule has 0 bridgehead atoms. The summed E-state index contributed by atoms with van der Waals surface area (Å²) in [5.74, 6) is -0.140. The van der Waals surface area contributed by atoms with Gasteiger partial charge in [-0.3, -0.25) is 9.59 Å². The smallest absolute Gasteiger partial charge is 0.267 e. The third-order valence-electron chi connectivity index (χ3n) is 2.24. The van der Waals surface area contributed by atoms with Gasteiger partial charge in [-0.1, -0.05) is 28.1 Å². The van der Waals surface area contributed by atoms with E-state index in [9.17, 15) is 9.59 Å². The first-order valence-corrected chi connectivity index (χ1v) is 5.77. The minimum atomic E-state index is -0.280. The van der Waals surface area contributed by atoms with Gasteiger partial charge >= 0.3 is 0 Å². The van der Waals surface area contributed by atoms with E-state index in [2.05, 4.69) is 21.0 Å². The van der Waals surface area contributed by atoms with E-state index in [1.54, 1.807) is 30.3 Å². The summed E-state index contributed by atoms with van der Waals surface area (Å²) in [4.78, 5) is 23.2. The van der Waals surface area contributed by atoms with E-state index in [1.807, 2.05) is 0 Å². The molecule has 1 heterocycles. The molecule has 0 radical (unpaired) electrons. The predicted molar refractivity (Wildman–Crippen MR) is 67.0 cm³/mol. The van der Waals surface area contributed by atoms with Crippen LogP contribution in [-0.2, 0) is 6.54 Å². The number of Topliss-reactive ketones (excluding diaryl/α,β-unsaturated/α-hetero) is 1. The molecule has 2 rings (SSSR count). The molecule has 0 fully saturated rings. The summed E-state index contributed by atoms with van der Waals surface area (Å²) in [6.07, 6.45) is 1.48. The van der Waals surface area contributed by atoms with Gasteiger partial charge in [0.05, 0.1) is 0 Å². The summed E-state index contributed by atoms with van der Waals surface area (Å²) < 4.78 is 2.05. The SMILES string of the molecule is O=C(Cn1ncccc1=O)c1ccc(Br)cc1. The van der Waals surface area contributed by atoms with Crippen LogP contribution in [0.4, 0.5) is 0 Å². The van der Waals surface area contributed by atoms with Crippen LogP contribution < -0.4 is 5.56 Å². The summed E-state index contributed by atoms with van der Waals surface area (Å²) in [5, 5.41) is 3.84.